The Morgan fingerprint density at radius 3 is 2.18 bits per heavy atom. The van der Waals surface area contributed by atoms with Gasteiger partial charge in [-0.2, -0.15) is 0 Å². The molecule has 0 unspecified atom stereocenters. The van der Waals surface area contributed by atoms with Crippen LogP contribution in [0.15, 0.2) is 5.16 Å². The van der Waals surface area contributed by atoms with Crippen LogP contribution in [0.5, 0.6) is 0 Å². The highest BCUT2D eigenvalue weighted by atomic mass is 16.6. The maximum Gasteiger partial charge on any atom is 0.344 e. The molecule has 0 amide bonds. The Kier molecular flexibility index (Phi) is 10.2. The van der Waals surface area contributed by atoms with Crippen LogP contribution in [0.3, 0.4) is 0 Å². The van der Waals surface area contributed by atoms with Crippen LogP contribution in [0.25, 0.3) is 0 Å². The smallest absolute Gasteiger partial charge is 0.344 e. The normalized spacial score (nSPS) is 7.27. The van der Waals surface area contributed by atoms with Crippen LogP contribution >= 0.6 is 0 Å². The minimum absolute atomic E-state index is 0.370. The van der Waals surface area contributed by atoms with Gasteiger partial charge in [-0.15, -0.1) is 0 Å². The van der Waals surface area contributed by atoms with E-state index in [-0.39, 0.29) is 6.61 Å². The number of nitrogens with zero attached hydrogens (tertiary/aromatic N) is 1. The number of carboxylic acid groups (broad SMARTS) is 1. The summed E-state index contributed by atoms with van der Waals surface area (Å²) >= 11 is 0. The van der Waals surface area contributed by atoms with Crippen molar-refractivity contribution in [2.75, 3.05) is 6.61 Å². The average molecular weight is 161 g/mol. The van der Waals surface area contributed by atoms with Gasteiger partial charge in [0.2, 0.25) is 6.61 Å². The molecule has 0 radical (unpaired) electrons. The van der Waals surface area contributed by atoms with Crippen molar-refractivity contribution in [3.63, 3.8) is 0 Å². The molecule has 0 aliphatic rings. The Bertz CT molecular complexity index is 128. The molecular weight excluding hydrogens is 146 g/mol. The number of carbonyl (C=O) groups is 1. The highest BCUT2D eigenvalue weighted by Gasteiger charge is 1.92. The molecular formula is C7H15NO3. The highest BCUT2D eigenvalue weighted by molar-refractivity contribution is 5.78. The number of oxime groups is 1. The lowest BCUT2D eigenvalue weighted by molar-refractivity contribution is -0.142. The van der Waals surface area contributed by atoms with Gasteiger partial charge in [0.1, 0.15) is 0 Å². The molecule has 0 fully saturated rings. The molecule has 0 aliphatic heterocycles. The van der Waals surface area contributed by atoms with Gasteiger partial charge in [-0.05, 0) is 13.8 Å². The van der Waals surface area contributed by atoms with Gasteiger partial charge in [-0.3, -0.25) is 0 Å². The SMILES string of the molecule is CC.CC(C)=NOCC(=O)O. The Labute approximate surface area is 66.9 Å². The van der Waals surface area contributed by atoms with Crippen molar-refractivity contribution in [1.82, 2.24) is 0 Å². The van der Waals surface area contributed by atoms with Crippen LogP contribution in [0.4, 0.5) is 0 Å². The van der Waals surface area contributed by atoms with Crippen LogP contribution in [0.2, 0.25) is 0 Å². The number of rotatable bonds is 3. The lowest BCUT2D eigenvalue weighted by Crippen LogP contribution is -2.03. The van der Waals surface area contributed by atoms with Gasteiger partial charge in [-0.1, -0.05) is 19.0 Å². The summed E-state index contributed by atoms with van der Waals surface area (Å²) < 4.78 is 0. The Balaban J connectivity index is 0. The van der Waals surface area contributed by atoms with Crippen molar-refractivity contribution in [3.8, 4) is 0 Å². The fourth-order valence-corrected chi connectivity index (χ4v) is 0.217. The third-order valence-corrected chi connectivity index (χ3v) is 0.435. The summed E-state index contributed by atoms with van der Waals surface area (Å²) in [7, 11) is 0. The quantitative estimate of drug-likeness (QED) is 0.504. The second-order valence-electron chi connectivity index (χ2n) is 1.71. The lowest BCUT2D eigenvalue weighted by Gasteiger charge is -1.92. The van der Waals surface area contributed by atoms with Crippen molar-refractivity contribution in [2.24, 2.45) is 5.16 Å². The van der Waals surface area contributed by atoms with Crippen molar-refractivity contribution < 1.29 is 14.7 Å². The summed E-state index contributed by atoms with van der Waals surface area (Å²) in [5.74, 6) is -1.01. The van der Waals surface area contributed by atoms with Gasteiger partial charge in [0.15, 0.2) is 0 Å². The monoisotopic (exact) mass is 161 g/mol. The van der Waals surface area contributed by atoms with Gasteiger partial charge >= 0.3 is 5.97 Å². The Hall–Kier alpha value is -1.06. The zero-order chi connectivity index (χ0) is 9.28. The van der Waals surface area contributed by atoms with Gasteiger partial charge in [0, 0.05) is 0 Å². The Morgan fingerprint density at radius 2 is 1.91 bits per heavy atom. The van der Waals surface area contributed by atoms with E-state index in [0.29, 0.717) is 5.71 Å². The molecule has 0 atom stereocenters. The number of carboxylic acids is 1. The Morgan fingerprint density at radius 1 is 1.45 bits per heavy atom. The molecule has 1 N–H and O–H groups in total. The minimum Gasteiger partial charge on any atom is -0.479 e. The molecule has 4 heteroatoms. The maximum atomic E-state index is 9.79. The molecule has 11 heavy (non-hydrogen) atoms. The van der Waals surface area contributed by atoms with E-state index >= 15 is 0 Å². The second kappa shape index (κ2) is 8.94. The number of hydrogen-bond donors (Lipinski definition) is 1. The summed E-state index contributed by atoms with van der Waals surface area (Å²) in [4.78, 5) is 14.1. The van der Waals surface area contributed by atoms with Crippen LogP contribution in [0.1, 0.15) is 27.7 Å². The first-order chi connectivity index (χ1) is 5.13. The molecule has 0 bridgehead atoms. The topological polar surface area (TPSA) is 58.9 Å². The first kappa shape index (κ1) is 12.6. The van der Waals surface area contributed by atoms with Crippen LogP contribution in [-0.2, 0) is 9.63 Å². The third kappa shape index (κ3) is 17.6. The van der Waals surface area contributed by atoms with E-state index in [0.717, 1.165) is 0 Å². The molecule has 4 nitrogen and oxygen atoms in total. The van der Waals surface area contributed by atoms with E-state index in [2.05, 4.69) is 9.99 Å². The van der Waals surface area contributed by atoms with E-state index in [4.69, 9.17) is 5.11 Å². The lowest BCUT2D eigenvalue weighted by atomic mass is 10.5. The second-order valence-corrected chi connectivity index (χ2v) is 1.71. The van der Waals surface area contributed by atoms with Crippen molar-refractivity contribution in [3.05, 3.63) is 0 Å². The highest BCUT2D eigenvalue weighted by Crippen LogP contribution is 1.78. The molecule has 0 rings (SSSR count). The predicted molar refractivity (Wildman–Crippen MR) is 43.7 cm³/mol. The summed E-state index contributed by atoms with van der Waals surface area (Å²) in [5.41, 5.74) is 0.705. The molecule has 0 aromatic heterocycles. The minimum atomic E-state index is -1.01. The van der Waals surface area contributed by atoms with Crippen molar-refractivity contribution in [1.29, 1.82) is 0 Å². The molecule has 0 aromatic carbocycles. The largest absolute Gasteiger partial charge is 0.479 e. The first-order valence-electron chi connectivity index (χ1n) is 3.48. The summed E-state index contributed by atoms with van der Waals surface area (Å²) in [6, 6.07) is 0. The molecule has 0 saturated heterocycles. The van der Waals surface area contributed by atoms with Crippen LogP contribution in [-0.4, -0.2) is 23.4 Å². The molecule has 0 aliphatic carbocycles. The van der Waals surface area contributed by atoms with E-state index in [9.17, 15) is 4.79 Å². The summed E-state index contributed by atoms with van der Waals surface area (Å²) in [5, 5.41) is 11.4. The van der Waals surface area contributed by atoms with E-state index in [1.54, 1.807) is 13.8 Å². The number of aliphatic carboxylic acids is 1. The summed E-state index contributed by atoms with van der Waals surface area (Å²) in [6.45, 7) is 7.08. The number of hydrogen-bond acceptors (Lipinski definition) is 3. The van der Waals surface area contributed by atoms with Crippen molar-refractivity contribution in [2.45, 2.75) is 27.7 Å². The van der Waals surface area contributed by atoms with Crippen LogP contribution in [0, 0.1) is 0 Å². The maximum absolute atomic E-state index is 9.79. The van der Waals surface area contributed by atoms with E-state index in [1.807, 2.05) is 13.8 Å². The van der Waals surface area contributed by atoms with Crippen molar-refractivity contribution >= 4 is 11.7 Å². The molecule has 0 heterocycles. The third-order valence-electron chi connectivity index (χ3n) is 0.435. The van der Waals surface area contributed by atoms with E-state index in [1.165, 1.54) is 0 Å². The molecule has 0 spiro atoms. The average Bonchev–Trinajstić information content (AvgIpc) is 1.90. The van der Waals surface area contributed by atoms with Gasteiger partial charge in [-0.25, -0.2) is 4.79 Å². The van der Waals surface area contributed by atoms with Crippen LogP contribution < -0.4 is 0 Å². The van der Waals surface area contributed by atoms with Gasteiger partial charge in [0.25, 0.3) is 0 Å². The van der Waals surface area contributed by atoms with Gasteiger partial charge < -0.3 is 9.94 Å². The van der Waals surface area contributed by atoms with E-state index < -0.39 is 5.97 Å². The molecule has 0 saturated carbocycles. The zero-order valence-electron chi connectivity index (χ0n) is 7.42. The standard InChI is InChI=1S/C5H9NO3.C2H6/c1-4(2)6-9-3-5(7)8;1-2/h3H2,1-2H3,(H,7,8);1-2H3. The fourth-order valence-electron chi connectivity index (χ4n) is 0.217. The molecule has 66 valence electrons. The fraction of sp³-hybridized carbons (Fsp3) is 0.714. The zero-order valence-corrected chi connectivity index (χ0v) is 7.42. The first-order valence-corrected chi connectivity index (χ1v) is 3.48. The predicted octanol–water partition coefficient (Wildman–Crippen LogP) is 1.51. The summed E-state index contributed by atoms with van der Waals surface area (Å²) in [6.07, 6.45) is 0. The molecule has 0 aromatic rings. The van der Waals surface area contributed by atoms with Gasteiger partial charge in [0.05, 0.1) is 5.71 Å².